The van der Waals surface area contributed by atoms with Crippen molar-refractivity contribution >= 4 is 17.3 Å². The van der Waals surface area contributed by atoms with Gasteiger partial charge >= 0.3 is 0 Å². The van der Waals surface area contributed by atoms with E-state index in [4.69, 9.17) is 9.47 Å². The fourth-order valence-corrected chi connectivity index (χ4v) is 2.01. The molecule has 0 atom stereocenters. The molecule has 0 bridgehead atoms. The van der Waals surface area contributed by atoms with Gasteiger partial charge < -0.3 is 20.1 Å². The molecule has 2 rings (SSSR count). The highest BCUT2D eigenvalue weighted by Crippen LogP contribution is 2.28. The first kappa shape index (κ1) is 16.0. The van der Waals surface area contributed by atoms with E-state index >= 15 is 0 Å². The number of hydrogen-bond donors (Lipinski definition) is 2. The minimum absolute atomic E-state index is 0.716. The maximum atomic E-state index is 5.36. The highest BCUT2D eigenvalue weighted by atomic mass is 16.5. The summed E-state index contributed by atoms with van der Waals surface area (Å²) < 4.78 is 10.4. The molecule has 1 heterocycles. The smallest absolute Gasteiger partial charge is 0.142 e. The standard InChI is InChI=1S/C16H22N4O2/c1-12-5-6-14(22-3)13(9-12)20-16-10-15(18-11-19-16)17-7-4-8-21-2/h5-6,9-11H,4,7-8H2,1-3H3,(H2,17,18,19,20). The summed E-state index contributed by atoms with van der Waals surface area (Å²) in [6.45, 7) is 3.56. The third kappa shape index (κ3) is 4.60. The molecule has 0 aliphatic carbocycles. The second kappa shape index (κ2) is 8.19. The normalized spacial score (nSPS) is 10.3. The van der Waals surface area contributed by atoms with Crippen molar-refractivity contribution < 1.29 is 9.47 Å². The molecule has 0 amide bonds. The van der Waals surface area contributed by atoms with Gasteiger partial charge in [-0.15, -0.1) is 0 Å². The van der Waals surface area contributed by atoms with E-state index in [1.54, 1.807) is 14.2 Å². The van der Waals surface area contributed by atoms with Crippen LogP contribution in [0.1, 0.15) is 12.0 Å². The van der Waals surface area contributed by atoms with Gasteiger partial charge in [-0.05, 0) is 31.0 Å². The highest BCUT2D eigenvalue weighted by molar-refractivity contribution is 5.66. The van der Waals surface area contributed by atoms with Crippen LogP contribution in [0.25, 0.3) is 0 Å². The van der Waals surface area contributed by atoms with Crippen LogP contribution in [0.4, 0.5) is 17.3 Å². The second-order valence-corrected chi connectivity index (χ2v) is 4.89. The van der Waals surface area contributed by atoms with Crippen molar-refractivity contribution in [2.45, 2.75) is 13.3 Å². The first-order valence-electron chi connectivity index (χ1n) is 7.19. The summed E-state index contributed by atoms with van der Waals surface area (Å²) in [6.07, 6.45) is 2.46. The van der Waals surface area contributed by atoms with Gasteiger partial charge in [-0.1, -0.05) is 6.07 Å². The number of nitrogens with one attached hydrogen (secondary N) is 2. The molecular formula is C16H22N4O2. The van der Waals surface area contributed by atoms with Crippen LogP contribution in [0.3, 0.4) is 0 Å². The number of aromatic nitrogens is 2. The van der Waals surface area contributed by atoms with Crippen LogP contribution in [0, 0.1) is 6.92 Å². The first-order chi connectivity index (χ1) is 10.7. The molecule has 0 aliphatic heterocycles. The lowest BCUT2D eigenvalue weighted by Crippen LogP contribution is -2.07. The lowest BCUT2D eigenvalue weighted by Gasteiger charge is -2.12. The molecule has 0 radical (unpaired) electrons. The lowest BCUT2D eigenvalue weighted by atomic mass is 10.2. The third-order valence-electron chi connectivity index (χ3n) is 3.12. The lowest BCUT2D eigenvalue weighted by molar-refractivity contribution is 0.198. The number of hydrogen-bond acceptors (Lipinski definition) is 6. The number of aryl methyl sites for hydroxylation is 1. The maximum absolute atomic E-state index is 5.36. The number of methoxy groups -OCH3 is 2. The van der Waals surface area contributed by atoms with Gasteiger partial charge in [-0.25, -0.2) is 9.97 Å². The van der Waals surface area contributed by atoms with Crippen molar-refractivity contribution in [3.8, 4) is 5.75 Å². The SMILES string of the molecule is COCCCNc1cc(Nc2cc(C)ccc2OC)ncn1. The molecular weight excluding hydrogens is 280 g/mol. The van der Waals surface area contributed by atoms with E-state index in [0.717, 1.165) is 42.4 Å². The molecule has 1 aromatic heterocycles. The summed E-state index contributed by atoms with van der Waals surface area (Å²) in [5.41, 5.74) is 2.03. The summed E-state index contributed by atoms with van der Waals surface area (Å²) >= 11 is 0. The Morgan fingerprint density at radius 2 is 1.91 bits per heavy atom. The summed E-state index contributed by atoms with van der Waals surface area (Å²) in [5, 5.41) is 6.51. The van der Waals surface area contributed by atoms with Crippen molar-refractivity contribution in [3.63, 3.8) is 0 Å². The molecule has 2 N–H and O–H groups in total. The predicted octanol–water partition coefficient (Wildman–Crippen LogP) is 2.99. The van der Waals surface area contributed by atoms with Crippen LogP contribution in [0.2, 0.25) is 0 Å². The minimum atomic E-state index is 0.716. The van der Waals surface area contributed by atoms with Crippen LogP contribution in [-0.2, 0) is 4.74 Å². The molecule has 0 spiro atoms. The van der Waals surface area contributed by atoms with Crippen LogP contribution in [0.5, 0.6) is 5.75 Å². The van der Waals surface area contributed by atoms with Gasteiger partial charge in [0.1, 0.15) is 23.7 Å². The van der Waals surface area contributed by atoms with E-state index in [2.05, 4.69) is 20.6 Å². The fourth-order valence-electron chi connectivity index (χ4n) is 2.01. The zero-order chi connectivity index (χ0) is 15.8. The van der Waals surface area contributed by atoms with Crippen molar-refractivity contribution in [1.29, 1.82) is 0 Å². The van der Waals surface area contributed by atoms with E-state index in [9.17, 15) is 0 Å². The molecule has 118 valence electrons. The summed E-state index contributed by atoms with van der Waals surface area (Å²) in [5.74, 6) is 2.27. The Morgan fingerprint density at radius 3 is 2.68 bits per heavy atom. The predicted molar refractivity (Wildman–Crippen MR) is 88.0 cm³/mol. The van der Waals surface area contributed by atoms with E-state index < -0.39 is 0 Å². The number of rotatable bonds is 8. The average Bonchev–Trinajstić information content (AvgIpc) is 2.52. The van der Waals surface area contributed by atoms with Crippen molar-refractivity contribution in [2.75, 3.05) is 38.0 Å². The molecule has 0 saturated carbocycles. The molecule has 1 aromatic carbocycles. The van der Waals surface area contributed by atoms with Gasteiger partial charge in [0.2, 0.25) is 0 Å². The molecule has 0 aliphatic rings. The molecule has 0 saturated heterocycles. The number of ether oxygens (including phenoxy) is 2. The van der Waals surface area contributed by atoms with Gasteiger partial charge in [-0.2, -0.15) is 0 Å². The molecule has 0 fully saturated rings. The highest BCUT2D eigenvalue weighted by Gasteiger charge is 2.05. The van der Waals surface area contributed by atoms with Gasteiger partial charge in [0.05, 0.1) is 12.8 Å². The van der Waals surface area contributed by atoms with E-state index in [0.29, 0.717) is 5.82 Å². The quantitative estimate of drug-likeness (QED) is 0.731. The third-order valence-corrected chi connectivity index (χ3v) is 3.12. The van der Waals surface area contributed by atoms with E-state index in [1.807, 2.05) is 31.2 Å². The first-order valence-corrected chi connectivity index (χ1v) is 7.19. The fraction of sp³-hybridized carbons (Fsp3) is 0.375. The van der Waals surface area contributed by atoms with Gasteiger partial charge in [0, 0.05) is 26.3 Å². The van der Waals surface area contributed by atoms with Crippen LogP contribution >= 0.6 is 0 Å². The van der Waals surface area contributed by atoms with Gasteiger partial charge in [-0.3, -0.25) is 0 Å². The largest absolute Gasteiger partial charge is 0.495 e. The van der Waals surface area contributed by atoms with Crippen molar-refractivity contribution in [2.24, 2.45) is 0 Å². The monoisotopic (exact) mass is 302 g/mol. The topological polar surface area (TPSA) is 68.3 Å². The van der Waals surface area contributed by atoms with E-state index in [1.165, 1.54) is 6.33 Å². The van der Waals surface area contributed by atoms with E-state index in [-0.39, 0.29) is 0 Å². The number of anilines is 3. The van der Waals surface area contributed by atoms with Crippen LogP contribution < -0.4 is 15.4 Å². The van der Waals surface area contributed by atoms with Gasteiger partial charge in [0.25, 0.3) is 0 Å². The Bertz CT molecular complexity index is 604. The summed E-state index contributed by atoms with van der Waals surface area (Å²) in [4.78, 5) is 8.45. The van der Waals surface area contributed by atoms with Crippen molar-refractivity contribution in [1.82, 2.24) is 9.97 Å². The molecule has 2 aromatic rings. The summed E-state index contributed by atoms with van der Waals surface area (Å²) in [6, 6.07) is 7.83. The Kier molecular flexibility index (Phi) is 5.97. The zero-order valence-corrected chi connectivity index (χ0v) is 13.2. The second-order valence-electron chi connectivity index (χ2n) is 4.89. The average molecular weight is 302 g/mol. The van der Waals surface area contributed by atoms with Crippen LogP contribution in [0.15, 0.2) is 30.6 Å². The Balaban J connectivity index is 2.05. The van der Waals surface area contributed by atoms with Crippen LogP contribution in [-0.4, -0.2) is 37.3 Å². The molecule has 6 heteroatoms. The molecule has 0 unspecified atom stereocenters. The Labute approximate surface area is 130 Å². The molecule has 6 nitrogen and oxygen atoms in total. The summed E-state index contributed by atoms with van der Waals surface area (Å²) in [7, 11) is 3.35. The minimum Gasteiger partial charge on any atom is -0.495 e. The Morgan fingerprint density at radius 1 is 1.09 bits per heavy atom. The molecule has 22 heavy (non-hydrogen) atoms. The number of benzene rings is 1. The maximum Gasteiger partial charge on any atom is 0.142 e. The zero-order valence-electron chi connectivity index (χ0n) is 13.2. The van der Waals surface area contributed by atoms with Crippen molar-refractivity contribution in [3.05, 3.63) is 36.2 Å². The van der Waals surface area contributed by atoms with Gasteiger partial charge in [0.15, 0.2) is 0 Å². The Hall–Kier alpha value is -2.34. The number of nitrogens with zero attached hydrogens (tertiary/aromatic N) is 2.